The Morgan fingerprint density at radius 3 is 1.83 bits per heavy atom. The maximum atomic E-state index is 13.6. The molecule has 0 amide bonds. The van der Waals surface area contributed by atoms with Crippen molar-refractivity contribution in [1.29, 1.82) is 0 Å². The maximum absolute atomic E-state index is 13.6. The molecule has 0 aliphatic heterocycles. The van der Waals surface area contributed by atoms with Crippen molar-refractivity contribution in [3.63, 3.8) is 0 Å². The van der Waals surface area contributed by atoms with Crippen molar-refractivity contribution >= 4 is 5.97 Å². The van der Waals surface area contributed by atoms with Crippen molar-refractivity contribution in [2.45, 2.75) is 51.8 Å². The molecule has 2 aliphatic carbocycles. The topological polar surface area (TPSA) is 26.3 Å². The molecular weight excluding hydrogens is 333 g/mol. The lowest BCUT2D eigenvalue weighted by Crippen LogP contribution is -2.58. The number of alkyl halides is 7. The van der Waals surface area contributed by atoms with E-state index in [1.165, 1.54) is 6.92 Å². The second kappa shape index (κ2) is 4.99. The van der Waals surface area contributed by atoms with Crippen molar-refractivity contribution < 1.29 is 40.3 Å². The van der Waals surface area contributed by atoms with Crippen LogP contribution < -0.4 is 0 Å². The van der Waals surface area contributed by atoms with Crippen LogP contribution in [0, 0.1) is 29.1 Å². The number of fused-ring (bicyclic) bond motifs is 2. The van der Waals surface area contributed by atoms with Crippen LogP contribution in [-0.2, 0) is 9.53 Å². The van der Waals surface area contributed by atoms with E-state index in [2.05, 4.69) is 4.74 Å². The van der Waals surface area contributed by atoms with Crippen molar-refractivity contribution in [1.82, 2.24) is 0 Å². The van der Waals surface area contributed by atoms with Gasteiger partial charge in [-0.05, 0) is 43.4 Å². The predicted octanol–water partition coefficient (Wildman–Crippen LogP) is 4.64. The Balaban J connectivity index is 2.28. The molecular formula is C14H17F7O2. The van der Waals surface area contributed by atoms with Gasteiger partial charge in [-0.1, -0.05) is 13.8 Å². The third kappa shape index (κ3) is 2.50. The quantitative estimate of drug-likeness (QED) is 0.536. The van der Waals surface area contributed by atoms with E-state index in [1.807, 2.05) is 6.92 Å². The molecule has 2 aliphatic rings. The molecule has 23 heavy (non-hydrogen) atoms. The molecule has 5 unspecified atom stereocenters. The Kier molecular flexibility index (Phi) is 3.97. The zero-order valence-electron chi connectivity index (χ0n) is 12.7. The van der Waals surface area contributed by atoms with Crippen LogP contribution in [0.1, 0.15) is 33.6 Å². The molecule has 2 fully saturated rings. The van der Waals surface area contributed by atoms with E-state index >= 15 is 0 Å². The molecule has 2 bridgehead atoms. The highest BCUT2D eigenvalue weighted by molar-refractivity contribution is 5.78. The van der Waals surface area contributed by atoms with E-state index in [1.54, 1.807) is 6.92 Å². The summed E-state index contributed by atoms with van der Waals surface area (Å²) in [7, 11) is 0. The molecule has 0 aromatic heterocycles. The largest absolute Gasteiger partial charge is 0.470 e. The van der Waals surface area contributed by atoms with Crippen LogP contribution in [0.5, 0.6) is 0 Å². The number of ether oxygens (including phenoxy) is 1. The van der Waals surface area contributed by atoms with Crippen LogP contribution in [0.25, 0.3) is 0 Å². The van der Waals surface area contributed by atoms with Crippen molar-refractivity contribution in [3.8, 4) is 0 Å². The van der Waals surface area contributed by atoms with Gasteiger partial charge in [0.05, 0.1) is 5.41 Å². The molecule has 0 heterocycles. The Morgan fingerprint density at radius 2 is 1.48 bits per heavy atom. The number of hydrogen-bond donors (Lipinski definition) is 0. The normalized spacial score (nSPS) is 38.0. The summed E-state index contributed by atoms with van der Waals surface area (Å²) in [6, 6.07) is 0. The van der Waals surface area contributed by atoms with Crippen LogP contribution in [0.15, 0.2) is 0 Å². The fourth-order valence-electron chi connectivity index (χ4n) is 4.11. The molecule has 0 aromatic rings. The molecule has 0 spiro atoms. The average Bonchev–Trinajstić information content (AvgIpc) is 2.85. The number of hydrogen-bond acceptors (Lipinski definition) is 2. The monoisotopic (exact) mass is 350 g/mol. The third-order valence-corrected chi connectivity index (χ3v) is 5.70. The number of carbonyl (C=O) groups excluding carboxylic acids is 1. The highest BCUT2D eigenvalue weighted by atomic mass is 19.4. The first kappa shape index (κ1) is 18.3. The highest BCUT2D eigenvalue weighted by Gasteiger charge is 2.77. The number of halogens is 7. The summed E-state index contributed by atoms with van der Waals surface area (Å²) in [6.45, 7) is 4.97. The highest BCUT2D eigenvalue weighted by Crippen LogP contribution is 2.62. The summed E-state index contributed by atoms with van der Waals surface area (Å²) < 4.78 is 92.2. The van der Waals surface area contributed by atoms with Gasteiger partial charge in [0.15, 0.2) is 0 Å². The van der Waals surface area contributed by atoms with Crippen molar-refractivity contribution in [2.24, 2.45) is 29.1 Å². The van der Waals surface area contributed by atoms with Gasteiger partial charge in [-0.2, -0.15) is 30.7 Å². The van der Waals surface area contributed by atoms with Crippen molar-refractivity contribution in [3.05, 3.63) is 0 Å². The summed E-state index contributed by atoms with van der Waals surface area (Å²) >= 11 is 0. The number of rotatable bonds is 2. The number of esters is 1. The molecule has 0 aromatic carbocycles. The lowest BCUT2D eigenvalue weighted by Gasteiger charge is -2.40. The third-order valence-electron chi connectivity index (χ3n) is 5.70. The van der Waals surface area contributed by atoms with Crippen LogP contribution in [0.2, 0.25) is 0 Å². The SMILES string of the molecule is CC1C2CC(C1C)C(C)(C(=O)OC(F)(C(F)(F)F)C(F)(F)F)C2. The zero-order valence-corrected chi connectivity index (χ0v) is 12.7. The van der Waals surface area contributed by atoms with Gasteiger partial charge in [-0.25, -0.2) is 0 Å². The maximum Gasteiger partial charge on any atom is 0.470 e. The second-order valence-corrected chi connectivity index (χ2v) is 6.92. The fraction of sp³-hybridized carbons (Fsp3) is 0.929. The van der Waals surface area contributed by atoms with E-state index in [0.29, 0.717) is 6.42 Å². The van der Waals surface area contributed by atoms with Crippen LogP contribution >= 0.6 is 0 Å². The average molecular weight is 350 g/mol. The minimum Gasteiger partial charge on any atom is -0.412 e. The van der Waals surface area contributed by atoms with E-state index in [9.17, 15) is 35.5 Å². The smallest absolute Gasteiger partial charge is 0.412 e. The molecule has 2 nitrogen and oxygen atoms in total. The van der Waals surface area contributed by atoms with E-state index < -0.39 is 35.5 Å². The predicted molar refractivity (Wildman–Crippen MR) is 64.7 cm³/mol. The Morgan fingerprint density at radius 1 is 1.00 bits per heavy atom. The van der Waals surface area contributed by atoms with Gasteiger partial charge in [-0.15, -0.1) is 0 Å². The van der Waals surface area contributed by atoms with E-state index in [-0.39, 0.29) is 24.2 Å². The van der Waals surface area contributed by atoms with Crippen molar-refractivity contribution in [2.75, 3.05) is 0 Å². The van der Waals surface area contributed by atoms with Crippen LogP contribution in [0.4, 0.5) is 30.7 Å². The molecule has 0 N–H and O–H groups in total. The number of carbonyl (C=O) groups is 1. The molecule has 5 atom stereocenters. The van der Waals surface area contributed by atoms with E-state index in [4.69, 9.17) is 0 Å². The molecule has 2 saturated carbocycles. The Hall–Kier alpha value is -1.02. The molecule has 0 saturated heterocycles. The lowest BCUT2D eigenvalue weighted by molar-refractivity contribution is -0.419. The summed E-state index contributed by atoms with van der Waals surface area (Å²) in [5, 5.41) is 0. The molecule has 0 radical (unpaired) electrons. The first-order valence-electron chi connectivity index (χ1n) is 7.21. The molecule has 9 heteroatoms. The van der Waals surface area contributed by atoms with Crippen LogP contribution in [-0.4, -0.2) is 24.2 Å². The molecule has 2 rings (SSSR count). The van der Waals surface area contributed by atoms with Gasteiger partial charge in [0, 0.05) is 0 Å². The molecule has 134 valence electrons. The van der Waals surface area contributed by atoms with Gasteiger partial charge in [0.25, 0.3) is 0 Å². The summed E-state index contributed by atoms with van der Waals surface area (Å²) in [5.41, 5.74) is -1.54. The van der Waals surface area contributed by atoms with Gasteiger partial charge in [0.1, 0.15) is 0 Å². The van der Waals surface area contributed by atoms with Gasteiger partial charge >= 0.3 is 24.2 Å². The fourth-order valence-corrected chi connectivity index (χ4v) is 4.11. The Labute approximate surface area is 128 Å². The second-order valence-electron chi connectivity index (χ2n) is 6.92. The zero-order chi connectivity index (χ0) is 18.0. The standard InChI is InChI=1S/C14H17F7O2/c1-6-7(2)9-4-8(6)5-11(9,3)10(22)23-12(15,13(16,17)18)14(19,20)21/h6-9H,4-5H2,1-3H3. The summed E-state index contributed by atoms with van der Waals surface area (Å²) in [5.74, 6) is -8.02. The minimum atomic E-state index is -6.40. The lowest BCUT2D eigenvalue weighted by atomic mass is 9.67. The van der Waals surface area contributed by atoms with Crippen LogP contribution in [0.3, 0.4) is 0 Å². The summed E-state index contributed by atoms with van der Waals surface area (Å²) in [6.07, 6.45) is -12.2. The van der Waals surface area contributed by atoms with Gasteiger partial charge in [0.2, 0.25) is 0 Å². The van der Waals surface area contributed by atoms with Gasteiger partial charge in [-0.3, -0.25) is 4.79 Å². The summed E-state index contributed by atoms with van der Waals surface area (Å²) in [4.78, 5) is 12.1. The minimum absolute atomic E-state index is 0.0123. The first-order valence-corrected chi connectivity index (χ1v) is 7.21. The Bertz CT molecular complexity index is 482. The first-order chi connectivity index (χ1) is 10.1. The van der Waals surface area contributed by atoms with Gasteiger partial charge < -0.3 is 4.74 Å². The van der Waals surface area contributed by atoms with E-state index in [0.717, 1.165) is 0 Å².